The maximum atomic E-state index is 6.63. The van der Waals surface area contributed by atoms with Crippen molar-refractivity contribution in [1.29, 1.82) is 0 Å². The number of fused-ring (bicyclic) bond motifs is 5. The number of benzene rings is 8. The van der Waals surface area contributed by atoms with Gasteiger partial charge >= 0.3 is 0 Å². The van der Waals surface area contributed by atoms with Crippen LogP contribution in [0.3, 0.4) is 0 Å². The highest BCUT2D eigenvalue weighted by Crippen LogP contribution is 2.42. The molecule has 0 aliphatic heterocycles. The van der Waals surface area contributed by atoms with Crippen LogP contribution in [0.1, 0.15) is 0 Å². The molecule has 51 heavy (non-hydrogen) atoms. The van der Waals surface area contributed by atoms with E-state index in [-0.39, 0.29) is 0 Å². The summed E-state index contributed by atoms with van der Waals surface area (Å²) in [6.07, 6.45) is 0. The van der Waals surface area contributed by atoms with Crippen LogP contribution in [0.4, 0.5) is 0 Å². The Hall–Kier alpha value is -6.91. The van der Waals surface area contributed by atoms with Gasteiger partial charge in [0.2, 0.25) is 0 Å². The predicted octanol–water partition coefficient (Wildman–Crippen LogP) is 12.4. The molecule has 10 rings (SSSR count). The summed E-state index contributed by atoms with van der Waals surface area (Å²) in [5.74, 6) is 1.83. The van der Waals surface area contributed by atoms with E-state index in [0.717, 1.165) is 55.1 Å². The number of hydrogen-bond donors (Lipinski definition) is 0. The Morgan fingerprint density at radius 2 is 0.863 bits per heavy atom. The molecule has 0 radical (unpaired) electrons. The molecule has 8 aromatic carbocycles. The number of rotatable bonds is 5. The summed E-state index contributed by atoms with van der Waals surface area (Å²) in [5.41, 5.74) is 9.00. The van der Waals surface area contributed by atoms with E-state index in [2.05, 4.69) is 146 Å². The summed E-state index contributed by atoms with van der Waals surface area (Å²) < 4.78 is 6.63. The van der Waals surface area contributed by atoms with Gasteiger partial charge in [0, 0.05) is 33.0 Å². The minimum Gasteiger partial charge on any atom is -0.456 e. The number of furan rings is 1. The molecule has 0 aliphatic carbocycles. The number of aromatic nitrogens is 3. The van der Waals surface area contributed by atoms with E-state index >= 15 is 0 Å². The molecule has 0 aliphatic rings. The van der Waals surface area contributed by atoms with Crippen LogP contribution in [-0.2, 0) is 0 Å². The topological polar surface area (TPSA) is 51.8 Å². The zero-order chi connectivity index (χ0) is 33.7. The molecule has 0 bridgehead atoms. The second-order valence-corrected chi connectivity index (χ2v) is 12.8. The van der Waals surface area contributed by atoms with Crippen molar-refractivity contribution in [3.63, 3.8) is 0 Å². The lowest BCUT2D eigenvalue weighted by atomic mass is 9.93. The smallest absolute Gasteiger partial charge is 0.164 e. The van der Waals surface area contributed by atoms with Crippen molar-refractivity contribution >= 4 is 43.5 Å². The average Bonchev–Trinajstić information content (AvgIpc) is 3.57. The lowest BCUT2D eigenvalue weighted by Gasteiger charge is -2.10. The Labute approximate surface area is 294 Å². The highest BCUT2D eigenvalue weighted by Gasteiger charge is 2.19. The first-order valence-corrected chi connectivity index (χ1v) is 17.1. The average molecular weight is 652 g/mol. The number of hydrogen-bond acceptors (Lipinski definition) is 4. The quantitative estimate of drug-likeness (QED) is 0.186. The van der Waals surface area contributed by atoms with E-state index < -0.39 is 0 Å². The zero-order valence-electron chi connectivity index (χ0n) is 27.5. The van der Waals surface area contributed by atoms with Crippen molar-refractivity contribution in [2.45, 2.75) is 0 Å². The normalized spacial score (nSPS) is 11.5. The Bertz CT molecular complexity index is 2900. The van der Waals surface area contributed by atoms with Crippen LogP contribution in [0, 0.1) is 0 Å². The van der Waals surface area contributed by atoms with E-state index in [1.54, 1.807) is 0 Å². The predicted molar refractivity (Wildman–Crippen MR) is 209 cm³/mol. The van der Waals surface area contributed by atoms with Gasteiger partial charge in [-0.1, -0.05) is 152 Å². The zero-order valence-corrected chi connectivity index (χ0v) is 27.5. The first-order valence-electron chi connectivity index (χ1n) is 17.1. The molecular formula is C47H29N3O. The molecule has 0 saturated heterocycles. The van der Waals surface area contributed by atoms with E-state index in [9.17, 15) is 0 Å². The van der Waals surface area contributed by atoms with Gasteiger partial charge < -0.3 is 4.42 Å². The van der Waals surface area contributed by atoms with Crippen LogP contribution in [0.2, 0.25) is 0 Å². The van der Waals surface area contributed by atoms with Gasteiger partial charge in [0.25, 0.3) is 0 Å². The Morgan fingerprint density at radius 3 is 1.61 bits per heavy atom. The summed E-state index contributed by atoms with van der Waals surface area (Å²) >= 11 is 0. The van der Waals surface area contributed by atoms with Crippen LogP contribution < -0.4 is 0 Å². The van der Waals surface area contributed by atoms with Crippen LogP contribution >= 0.6 is 0 Å². The fraction of sp³-hybridized carbons (Fsp3) is 0. The first kappa shape index (κ1) is 29.0. The van der Waals surface area contributed by atoms with E-state index in [4.69, 9.17) is 19.4 Å². The van der Waals surface area contributed by atoms with Crippen molar-refractivity contribution in [3.05, 3.63) is 176 Å². The lowest BCUT2D eigenvalue weighted by molar-refractivity contribution is 0.669. The molecule has 0 unspecified atom stereocenters. The summed E-state index contributed by atoms with van der Waals surface area (Å²) in [6, 6.07) is 61.1. The van der Waals surface area contributed by atoms with Crippen molar-refractivity contribution in [1.82, 2.24) is 15.0 Å². The summed E-state index contributed by atoms with van der Waals surface area (Å²) in [7, 11) is 0. The van der Waals surface area contributed by atoms with Gasteiger partial charge in [-0.3, -0.25) is 0 Å². The van der Waals surface area contributed by atoms with Crippen LogP contribution in [0.15, 0.2) is 180 Å². The third-order valence-corrected chi connectivity index (χ3v) is 9.70. The van der Waals surface area contributed by atoms with Crippen molar-refractivity contribution < 1.29 is 4.42 Å². The molecule has 0 saturated carbocycles. The van der Waals surface area contributed by atoms with Gasteiger partial charge in [0.15, 0.2) is 17.5 Å². The van der Waals surface area contributed by atoms with Gasteiger partial charge in [-0.05, 0) is 62.5 Å². The van der Waals surface area contributed by atoms with E-state index in [1.807, 2.05) is 30.3 Å². The highest BCUT2D eigenvalue weighted by molar-refractivity contribution is 6.20. The molecule has 0 amide bonds. The molecule has 238 valence electrons. The third-order valence-electron chi connectivity index (χ3n) is 9.70. The van der Waals surface area contributed by atoms with Crippen LogP contribution in [0.25, 0.3) is 99.9 Å². The van der Waals surface area contributed by atoms with Gasteiger partial charge in [0.1, 0.15) is 11.2 Å². The Morgan fingerprint density at radius 1 is 0.314 bits per heavy atom. The van der Waals surface area contributed by atoms with Crippen LogP contribution in [0.5, 0.6) is 0 Å². The molecule has 0 fully saturated rings. The summed E-state index contributed by atoms with van der Waals surface area (Å²) in [6.45, 7) is 0. The minimum absolute atomic E-state index is 0.591. The van der Waals surface area contributed by atoms with Gasteiger partial charge in [0.05, 0.1) is 0 Å². The van der Waals surface area contributed by atoms with Gasteiger partial charge in [-0.15, -0.1) is 0 Å². The third kappa shape index (κ3) is 5.13. The molecule has 0 N–H and O–H groups in total. The molecule has 0 atom stereocenters. The largest absolute Gasteiger partial charge is 0.456 e. The molecule has 4 heteroatoms. The monoisotopic (exact) mass is 651 g/mol. The Kier molecular flexibility index (Phi) is 6.78. The fourth-order valence-electron chi connectivity index (χ4n) is 7.18. The molecule has 2 aromatic heterocycles. The van der Waals surface area contributed by atoms with Crippen molar-refractivity contribution in [2.24, 2.45) is 0 Å². The molecule has 2 heterocycles. The van der Waals surface area contributed by atoms with Crippen molar-refractivity contribution in [3.8, 4) is 56.4 Å². The van der Waals surface area contributed by atoms with Gasteiger partial charge in [-0.25, -0.2) is 15.0 Å². The molecule has 0 spiro atoms. The first-order chi connectivity index (χ1) is 25.2. The van der Waals surface area contributed by atoms with Crippen LogP contribution in [-0.4, -0.2) is 15.0 Å². The number of nitrogens with zero attached hydrogens (tertiary/aromatic N) is 3. The van der Waals surface area contributed by atoms with E-state index in [0.29, 0.717) is 17.5 Å². The second kappa shape index (κ2) is 11.9. The van der Waals surface area contributed by atoms with Gasteiger partial charge in [-0.2, -0.15) is 0 Å². The van der Waals surface area contributed by atoms with Crippen molar-refractivity contribution in [2.75, 3.05) is 0 Å². The van der Waals surface area contributed by atoms with E-state index in [1.165, 1.54) is 27.3 Å². The fourth-order valence-corrected chi connectivity index (χ4v) is 7.18. The summed E-state index contributed by atoms with van der Waals surface area (Å²) in [4.78, 5) is 15.0. The molecular weight excluding hydrogens is 623 g/mol. The Balaban J connectivity index is 1.11. The SMILES string of the molecule is c1ccc(-c2nc(-c3ccc(-c4ccc5ccccc5c4)cc3)nc(-c3ccc4c(c3)oc3cc5ccccc5c(-c5ccccc5)c34)n2)cc1. The second-order valence-electron chi connectivity index (χ2n) is 12.8. The molecule has 4 nitrogen and oxygen atoms in total. The standard InChI is InChI=1S/C47H29N3O/c1-3-12-32(13-4-1)43-39-18-10-9-17-37(39)28-42-44(43)40-26-25-38(29-41(40)51-42)47-49-45(33-14-5-2-6-15-33)48-46(50-47)34-22-19-31(20-23-34)36-24-21-30-11-7-8-16-35(30)27-36/h1-29H. The highest BCUT2D eigenvalue weighted by atomic mass is 16.3. The maximum Gasteiger partial charge on any atom is 0.164 e. The molecule has 10 aromatic rings. The summed E-state index contributed by atoms with van der Waals surface area (Å²) in [5, 5.41) is 6.96. The lowest BCUT2D eigenvalue weighted by Crippen LogP contribution is -2.00. The minimum atomic E-state index is 0.591. The maximum absolute atomic E-state index is 6.63.